The molecular formula is C22H18N2O3. The molecule has 0 unspecified atom stereocenters. The predicted octanol–water partition coefficient (Wildman–Crippen LogP) is 4.43. The van der Waals surface area contributed by atoms with E-state index < -0.39 is 0 Å². The van der Waals surface area contributed by atoms with Crippen LogP contribution >= 0.6 is 0 Å². The molecule has 1 aliphatic rings. The van der Waals surface area contributed by atoms with E-state index in [1.807, 2.05) is 55.5 Å². The lowest BCUT2D eigenvalue weighted by atomic mass is 10.1. The molecule has 0 aliphatic carbocycles. The van der Waals surface area contributed by atoms with Crippen molar-refractivity contribution >= 4 is 23.5 Å². The minimum absolute atomic E-state index is 0.202. The SMILES string of the molecule is COc1ccc(N2C(=O)/C(=C\c3ccco3)N=C2c2ccc(C)cc2)cc1. The minimum Gasteiger partial charge on any atom is -0.497 e. The Labute approximate surface area is 157 Å². The van der Waals surface area contributed by atoms with Gasteiger partial charge in [0, 0.05) is 11.6 Å². The van der Waals surface area contributed by atoms with Crippen LogP contribution in [0, 0.1) is 6.92 Å². The second-order valence-electron chi connectivity index (χ2n) is 6.19. The second-order valence-corrected chi connectivity index (χ2v) is 6.19. The molecule has 2 aromatic carbocycles. The van der Waals surface area contributed by atoms with E-state index in [4.69, 9.17) is 9.15 Å². The zero-order valence-electron chi connectivity index (χ0n) is 15.0. The van der Waals surface area contributed by atoms with Gasteiger partial charge in [-0.15, -0.1) is 0 Å². The number of hydrogen-bond donors (Lipinski definition) is 0. The van der Waals surface area contributed by atoms with Crippen molar-refractivity contribution in [2.45, 2.75) is 6.92 Å². The van der Waals surface area contributed by atoms with Gasteiger partial charge in [-0.05, 0) is 43.3 Å². The average Bonchev–Trinajstić information content (AvgIpc) is 3.31. The number of nitrogens with zero attached hydrogens (tertiary/aromatic N) is 2. The van der Waals surface area contributed by atoms with Gasteiger partial charge in [0.15, 0.2) is 0 Å². The number of benzene rings is 2. The van der Waals surface area contributed by atoms with Gasteiger partial charge in [0.05, 0.1) is 19.1 Å². The van der Waals surface area contributed by atoms with Gasteiger partial charge in [-0.25, -0.2) is 4.99 Å². The van der Waals surface area contributed by atoms with Crippen molar-refractivity contribution in [1.29, 1.82) is 0 Å². The average molecular weight is 358 g/mol. The van der Waals surface area contributed by atoms with Crippen LogP contribution < -0.4 is 9.64 Å². The number of amidine groups is 1. The van der Waals surface area contributed by atoms with Gasteiger partial charge in [0.25, 0.3) is 5.91 Å². The third-order valence-electron chi connectivity index (χ3n) is 4.32. The first kappa shape index (κ1) is 16.8. The molecule has 1 aliphatic heterocycles. The molecule has 5 nitrogen and oxygen atoms in total. The van der Waals surface area contributed by atoms with Crippen molar-refractivity contribution in [1.82, 2.24) is 0 Å². The third kappa shape index (κ3) is 3.27. The maximum absolute atomic E-state index is 13.1. The quantitative estimate of drug-likeness (QED) is 0.648. The Bertz CT molecular complexity index is 1010. The third-order valence-corrected chi connectivity index (χ3v) is 4.32. The molecule has 134 valence electrons. The Morgan fingerprint density at radius 3 is 2.41 bits per heavy atom. The Hall–Kier alpha value is -3.60. The molecule has 2 heterocycles. The monoisotopic (exact) mass is 358 g/mol. The van der Waals surface area contributed by atoms with Gasteiger partial charge in [0.2, 0.25) is 0 Å². The summed E-state index contributed by atoms with van der Waals surface area (Å²) in [6, 6.07) is 18.8. The standard InChI is InChI=1S/C22H18N2O3/c1-15-5-7-16(8-6-15)21-23-20(14-19-4-3-13-27-19)22(25)24(21)17-9-11-18(26-2)12-10-17/h3-14H,1-2H3/b20-14+. The number of hydrogen-bond acceptors (Lipinski definition) is 4. The predicted molar refractivity (Wildman–Crippen MR) is 105 cm³/mol. The summed E-state index contributed by atoms with van der Waals surface area (Å²) < 4.78 is 10.6. The number of anilines is 1. The fourth-order valence-corrected chi connectivity index (χ4v) is 2.89. The fraction of sp³-hybridized carbons (Fsp3) is 0.0909. The van der Waals surface area contributed by atoms with Gasteiger partial charge in [0.1, 0.15) is 23.0 Å². The summed E-state index contributed by atoms with van der Waals surface area (Å²) in [4.78, 5) is 19.3. The number of aliphatic imine (C=N–C) groups is 1. The summed E-state index contributed by atoms with van der Waals surface area (Å²) in [5, 5.41) is 0. The molecule has 0 saturated carbocycles. The highest BCUT2D eigenvalue weighted by Crippen LogP contribution is 2.29. The van der Waals surface area contributed by atoms with Crippen LogP contribution in [0.3, 0.4) is 0 Å². The first-order valence-corrected chi connectivity index (χ1v) is 8.55. The van der Waals surface area contributed by atoms with Gasteiger partial charge >= 0.3 is 0 Å². The molecule has 5 heteroatoms. The molecule has 0 atom stereocenters. The number of ether oxygens (including phenoxy) is 1. The van der Waals surface area contributed by atoms with Crippen LogP contribution in [0.25, 0.3) is 6.08 Å². The largest absolute Gasteiger partial charge is 0.497 e. The van der Waals surface area contributed by atoms with Crippen LogP contribution in [0.4, 0.5) is 5.69 Å². The lowest BCUT2D eigenvalue weighted by Crippen LogP contribution is -2.32. The molecule has 1 amide bonds. The molecule has 1 aromatic heterocycles. The molecule has 0 bridgehead atoms. The lowest BCUT2D eigenvalue weighted by molar-refractivity contribution is -0.113. The van der Waals surface area contributed by atoms with Crippen LogP contribution in [0.1, 0.15) is 16.9 Å². The number of rotatable bonds is 4. The summed E-state index contributed by atoms with van der Waals surface area (Å²) >= 11 is 0. The van der Waals surface area contributed by atoms with Crippen LogP contribution in [0.15, 0.2) is 82.0 Å². The van der Waals surface area contributed by atoms with Crippen LogP contribution in [-0.4, -0.2) is 18.9 Å². The Balaban J connectivity index is 1.80. The van der Waals surface area contributed by atoms with Crippen molar-refractivity contribution in [2.75, 3.05) is 12.0 Å². The van der Waals surface area contributed by atoms with E-state index in [1.165, 1.54) is 0 Å². The van der Waals surface area contributed by atoms with E-state index in [1.54, 1.807) is 36.5 Å². The molecule has 0 N–H and O–H groups in total. The molecule has 0 radical (unpaired) electrons. The highest BCUT2D eigenvalue weighted by atomic mass is 16.5. The highest BCUT2D eigenvalue weighted by Gasteiger charge is 2.32. The molecule has 0 spiro atoms. The van der Waals surface area contributed by atoms with Crippen LogP contribution in [0.5, 0.6) is 5.75 Å². The van der Waals surface area contributed by atoms with Crippen LogP contribution in [0.2, 0.25) is 0 Å². The first-order valence-electron chi connectivity index (χ1n) is 8.55. The van der Waals surface area contributed by atoms with E-state index in [9.17, 15) is 4.79 Å². The van der Waals surface area contributed by atoms with Gasteiger partial charge < -0.3 is 9.15 Å². The number of carbonyl (C=O) groups excluding carboxylic acids is 1. The van der Waals surface area contributed by atoms with Gasteiger partial charge in [-0.1, -0.05) is 29.8 Å². The number of aryl methyl sites for hydroxylation is 1. The summed E-state index contributed by atoms with van der Waals surface area (Å²) in [6.07, 6.45) is 3.22. The molecule has 0 saturated heterocycles. The van der Waals surface area contributed by atoms with Gasteiger partial charge in [-0.2, -0.15) is 0 Å². The second kappa shape index (κ2) is 6.96. The van der Waals surface area contributed by atoms with Gasteiger partial charge in [-0.3, -0.25) is 9.69 Å². The minimum atomic E-state index is -0.202. The number of furan rings is 1. The van der Waals surface area contributed by atoms with Crippen molar-refractivity contribution in [3.05, 3.63) is 89.5 Å². The number of amides is 1. The van der Waals surface area contributed by atoms with Crippen molar-refractivity contribution in [2.24, 2.45) is 4.99 Å². The first-order chi connectivity index (χ1) is 13.2. The highest BCUT2D eigenvalue weighted by molar-refractivity contribution is 6.33. The summed E-state index contributed by atoms with van der Waals surface area (Å²) in [5.41, 5.74) is 3.07. The van der Waals surface area contributed by atoms with Crippen molar-refractivity contribution < 1.29 is 13.9 Å². The van der Waals surface area contributed by atoms with Crippen molar-refractivity contribution in [3.8, 4) is 5.75 Å². The molecule has 27 heavy (non-hydrogen) atoms. The molecule has 4 rings (SSSR count). The van der Waals surface area contributed by atoms with Crippen molar-refractivity contribution in [3.63, 3.8) is 0 Å². The topological polar surface area (TPSA) is 55.0 Å². The maximum Gasteiger partial charge on any atom is 0.282 e. The molecule has 0 fully saturated rings. The Morgan fingerprint density at radius 1 is 1.04 bits per heavy atom. The van der Waals surface area contributed by atoms with E-state index in [-0.39, 0.29) is 5.91 Å². The number of methoxy groups -OCH3 is 1. The zero-order chi connectivity index (χ0) is 18.8. The summed E-state index contributed by atoms with van der Waals surface area (Å²) in [5.74, 6) is 1.70. The maximum atomic E-state index is 13.1. The van der Waals surface area contributed by atoms with E-state index in [2.05, 4.69) is 4.99 Å². The lowest BCUT2D eigenvalue weighted by Gasteiger charge is -2.19. The summed E-state index contributed by atoms with van der Waals surface area (Å²) in [7, 11) is 1.61. The van der Waals surface area contributed by atoms with E-state index in [0.717, 1.165) is 22.6 Å². The van der Waals surface area contributed by atoms with Crippen LogP contribution in [-0.2, 0) is 4.79 Å². The Kier molecular flexibility index (Phi) is 4.34. The zero-order valence-corrected chi connectivity index (χ0v) is 15.0. The smallest absolute Gasteiger partial charge is 0.282 e. The van der Waals surface area contributed by atoms with E-state index in [0.29, 0.717) is 17.3 Å². The molecular weight excluding hydrogens is 340 g/mol. The number of carbonyl (C=O) groups is 1. The molecule has 3 aromatic rings. The van der Waals surface area contributed by atoms with E-state index >= 15 is 0 Å². The normalized spacial score (nSPS) is 15.3. The fourth-order valence-electron chi connectivity index (χ4n) is 2.89. The Morgan fingerprint density at radius 2 is 1.78 bits per heavy atom. The summed E-state index contributed by atoms with van der Waals surface area (Å²) in [6.45, 7) is 2.02.